The lowest BCUT2D eigenvalue weighted by molar-refractivity contribution is 1.06. The van der Waals surface area contributed by atoms with Gasteiger partial charge in [0.05, 0.1) is 27.8 Å². The van der Waals surface area contributed by atoms with Crippen molar-refractivity contribution in [3.8, 4) is 67.8 Å². The summed E-state index contributed by atoms with van der Waals surface area (Å²) in [6.07, 6.45) is 0. The fourth-order valence-electron chi connectivity index (χ4n) is 9.07. The second kappa shape index (κ2) is 14.7. The SMILES string of the molecule is c1ccc(-c2ccc3c(c2)c2ccccc2n3-c2ccc(-c3ccc4c5ccccc5n(-c5ccccc5)c4c3)cc2-c2nc(-c3ccccc3)nc(-c3ccccc3)n2)cc1. The van der Waals surface area contributed by atoms with Crippen LogP contribution in [0.15, 0.2) is 224 Å². The molecule has 3 aromatic heterocycles. The molecule has 0 atom stereocenters. The molecule has 290 valence electrons. The van der Waals surface area contributed by atoms with Crippen molar-refractivity contribution in [1.82, 2.24) is 24.1 Å². The molecule has 0 radical (unpaired) electrons. The first-order valence-electron chi connectivity index (χ1n) is 20.9. The van der Waals surface area contributed by atoms with Gasteiger partial charge < -0.3 is 9.13 Å². The minimum absolute atomic E-state index is 0.598. The Morgan fingerprint density at radius 3 is 1.37 bits per heavy atom. The third kappa shape index (κ3) is 5.98. The van der Waals surface area contributed by atoms with Crippen molar-refractivity contribution in [1.29, 1.82) is 0 Å². The van der Waals surface area contributed by atoms with Crippen molar-refractivity contribution < 1.29 is 0 Å². The van der Waals surface area contributed by atoms with Crippen LogP contribution in [0, 0.1) is 0 Å². The fourth-order valence-corrected chi connectivity index (χ4v) is 9.07. The molecule has 0 fully saturated rings. The topological polar surface area (TPSA) is 48.5 Å². The Morgan fingerprint density at radius 2 is 0.710 bits per heavy atom. The number of benzene rings is 9. The van der Waals surface area contributed by atoms with Crippen LogP contribution in [0.2, 0.25) is 0 Å². The van der Waals surface area contributed by atoms with E-state index in [-0.39, 0.29) is 0 Å². The van der Waals surface area contributed by atoms with E-state index in [0.29, 0.717) is 17.5 Å². The smallest absolute Gasteiger partial charge is 0.166 e. The molecule has 0 aliphatic rings. The Morgan fingerprint density at radius 1 is 0.258 bits per heavy atom. The maximum atomic E-state index is 5.31. The van der Waals surface area contributed by atoms with Gasteiger partial charge in [-0.05, 0) is 76.9 Å². The Labute approximate surface area is 358 Å². The molecule has 0 N–H and O–H groups in total. The number of hydrogen-bond donors (Lipinski definition) is 0. The van der Waals surface area contributed by atoms with Crippen molar-refractivity contribution in [2.75, 3.05) is 0 Å². The number of rotatable bonds is 7. The lowest BCUT2D eigenvalue weighted by Gasteiger charge is -2.17. The molecular formula is C57H37N5. The summed E-state index contributed by atoms with van der Waals surface area (Å²) in [4.78, 5) is 15.7. The van der Waals surface area contributed by atoms with E-state index in [1.165, 1.54) is 38.2 Å². The highest BCUT2D eigenvalue weighted by Crippen LogP contribution is 2.41. The molecule has 0 spiro atoms. The second-order valence-electron chi connectivity index (χ2n) is 15.6. The van der Waals surface area contributed by atoms with Crippen LogP contribution in [-0.4, -0.2) is 24.1 Å². The van der Waals surface area contributed by atoms with Crippen molar-refractivity contribution in [2.24, 2.45) is 0 Å². The summed E-state index contributed by atoms with van der Waals surface area (Å²) in [5.74, 6) is 1.84. The highest BCUT2D eigenvalue weighted by molar-refractivity contribution is 6.12. The third-order valence-corrected chi connectivity index (χ3v) is 12.0. The molecule has 12 aromatic rings. The minimum Gasteiger partial charge on any atom is -0.309 e. The second-order valence-corrected chi connectivity index (χ2v) is 15.6. The normalized spacial score (nSPS) is 11.5. The first kappa shape index (κ1) is 35.5. The first-order valence-corrected chi connectivity index (χ1v) is 20.9. The molecule has 0 aliphatic carbocycles. The van der Waals surface area contributed by atoms with E-state index >= 15 is 0 Å². The Kier molecular flexibility index (Phi) is 8.42. The standard InChI is InChI=1S/C57H37N5/c1-5-17-38(18-6-1)41-30-33-52-48(35-41)46-26-14-16-28-51(46)62(52)53-34-31-42(43-29-32-47-45-25-13-15-27-50(45)61(54(47)37-43)44-23-11-4-12-24-44)36-49(53)57-59-55(39-19-7-2-8-20-39)58-56(60-57)40-21-9-3-10-22-40/h1-37H. The summed E-state index contributed by atoms with van der Waals surface area (Å²) < 4.78 is 4.75. The summed E-state index contributed by atoms with van der Waals surface area (Å²) in [5, 5.41) is 4.80. The summed E-state index contributed by atoms with van der Waals surface area (Å²) in [6, 6.07) is 79.3. The number of nitrogens with zero attached hydrogens (tertiary/aromatic N) is 5. The molecule has 12 rings (SSSR count). The van der Waals surface area contributed by atoms with E-state index in [1.807, 2.05) is 36.4 Å². The zero-order valence-electron chi connectivity index (χ0n) is 33.6. The van der Waals surface area contributed by atoms with Crippen molar-refractivity contribution >= 4 is 43.6 Å². The molecule has 9 aromatic carbocycles. The molecule has 5 nitrogen and oxygen atoms in total. The van der Waals surface area contributed by atoms with Crippen LogP contribution >= 0.6 is 0 Å². The Bertz CT molecular complexity index is 3550. The van der Waals surface area contributed by atoms with Gasteiger partial charge in [-0.2, -0.15) is 0 Å². The Balaban J connectivity index is 1.13. The van der Waals surface area contributed by atoms with E-state index in [9.17, 15) is 0 Å². The predicted octanol–water partition coefficient (Wildman–Crippen LogP) is 14.4. The van der Waals surface area contributed by atoms with Crippen LogP contribution in [0.5, 0.6) is 0 Å². The lowest BCUT2D eigenvalue weighted by atomic mass is 9.99. The molecule has 0 unspecified atom stereocenters. The summed E-state index contributed by atoms with van der Waals surface area (Å²) in [5.41, 5.74) is 13.9. The third-order valence-electron chi connectivity index (χ3n) is 12.0. The van der Waals surface area contributed by atoms with Crippen molar-refractivity contribution in [2.45, 2.75) is 0 Å². The van der Waals surface area contributed by atoms with Crippen molar-refractivity contribution in [3.63, 3.8) is 0 Å². The van der Waals surface area contributed by atoms with Crippen LogP contribution in [-0.2, 0) is 0 Å². The largest absolute Gasteiger partial charge is 0.309 e. The van der Waals surface area contributed by atoms with Gasteiger partial charge in [-0.1, -0.05) is 170 Å². The number of hydrogen-bond acceptors (Lipinski definition) is 3. The molecule has 5 heteroatoms. The zero-order chi connectivity index (χ0) is 41.0. The number of aromatic nitrogens is 5. The van der Waals surface area contributed by atoms with Crippen LogP contribution in [0.3, 0.4) is 0 Å². The summed E-state index contributed by atoms with van der Waals surface area (Å²) in [6.45, 7) is 0. The first-order chi connectivity index (χ1) is 30.7. The maximum absolute atomic E-state index is 5.31. The quantitative estimate of drug-likeness (QED) is 0.162. The molecule has 0 saturated carbocycles. The molecule has 3 heterocycles. The van der Waals surface area contributed by atoms with Crippen LogP contribution in [0.4, 0.5) is 0 Å². The van der Waals surface area contributed by atoms with Crippen molar-refractivity contribution in [3.05, 3.63) is 224 Å². The van der Waals surface area contributed by atoms with Gasteiger partial charge in [0.15, 0.2) is 17.5 Å². The average Bonchev–Trinajstić information content (AvgIpc) is 3.87. The van der Waals surface area contributed by atoms with E-state index in [1.54, 1.807) is 0 Å². The molecule has 0 bridgehead atoms. The zero-order valence-corrected chi connectivity index (χ0v) is 33.6. The average molecular weight is 792 g/mol. The van der Waals surface area contributed by atoms with Gasteiger partial charge in [0, 0.05) is 43.9 Å². The van der Waals surface area contributed by atoms with E-state index < -0.39 is 0 Å². The Hall–Kier alpha value is -8.41. The predicted molar refractivity (Wildman–Crippen MR) is 256 cm³/mol. The summed E-state index contributed by atoms with van der Waals surface area (Å²) in [7, 11) is 0. The van der Waals surface area contributed by atoms with E-state index in [0.717, 1.165) is 55.7 Å². The minimum atomic E-state index is 0.598. The number of fused-ring (bicyclic) bond motifs is 6. The lowest BCUT2D eigenvalue weighted by Crippen LogP contribution is -2.04. The van der Waals surface area contributed by atoms with Gasteiger partial charge in [-0.15, -0.1) is 0 Å². The highest BCUT2D eigenvalue weighted by Gasteiger charge is 2.21. The van der Waals surface area contributed by atoms with Gasteiger partial charge in [-0.3, -0.25) is 0 Å². The molecule has 0 saturated heterocycles. The summed E-state index contributed by atoms with van der Waals surface area (Å²) >= 11 is 0. The van der Waals surface area contributed by atoms with Crippen LogP contribution in [0.1, 0.15) is 0 Å². The monoisotopic (exact) mass is 791 g/mol. The van der Waals surface area contributed by atoms with E-state index in [4.69, 9.17) is 15.0 Å². The van der Waals surface area contributed by atoms with Gasteiger partial charge in [-0.25, -0.2) is 15.0 Å². The van der Waals surface area contributed by atoms with Crippen LogP contribution in [0.25, 0.3) is 111 Å². The fraction of sp³-hybridized carbons (Fsp3) is 0. The molecule has 62 heavy (non-hydrogen) atoms. The molecule has 0 amide bonds. The number of para-hydroxylation sites is 3. The molecule has 0 aliphatic heterocycles. The van der Waals surface area contributed by atoms with E-state index in [2.05, 4.69) is 197 Å². The van der Waals surface area contributed by atoms with Gasteiger partial charge >= 0.3 is 0 Å². The maximum Gasteiger partial charge on any atom is 0.166 e. The van der Waals surface area contributed by atoms with Crippen LogP contribution < -0.4 is 0 Å². The van der Waals surface area contributed by atoms with Gasteiger partial charge in [0.25, 0.3) is 0 Å². The van der Waals surface area contributed by atoms with Gasteiger partial charge in [0.2, 0.25) is 0 Å². The molecular weight excluding hydrogens is 755 g/mol. The van der Waals surface area contributed by atoms with Gasteiger partial charge in [0.1, 0.15) is 0 Å². The highest BCUT2D eigenvalue weighted by atomic mass is 15.1.